The normalized spacial score (nSPS) is 13.3. The third kappa shape index (κ3) is 2.12. The van der Waals surface area contributed by atoms with E-state index in [2.05, 4.69) is 30.9 Å². The molecule has 4 heteroatoms. The summed E-state index contributed by atoms with van der Waals surface area (Å²) < 4.78 is 5.21. The zero-order valence-corrected chi connectivity index (χ0v) is 9.59. The number of rotatable bonds is 2. The number of nitrogens with zero attached hydrogens (tertiary/aromatic N) is 2. The van der Waals surface area contributed by atoms with E-state index >= 15 is 0 Å². The number of hydrogen-bond acceptors (Lipinski definition) is 4. The summed E-state index contributed by atoms with van der Waals surface area (Å²) in [5.41, 5.74) is 5.31. The Hall–Kier alpha value is -0.900. The van der Waals surface area contributed by atoms with Crippen molar-refractivity contribution in [1.29, 1.82) is 0 Å². The molecule has 0 spiro atoms. The standard InChI is InChI=1S/C10H19N3O/c1-9(2,3)7-12-8(14-13-7)10(4,5)6-11/h6,11H2,1-5H3. The van der Waals surface area contributed by atoms with Crippen LogP contribution in [0.15, 0.2) is 4.52 Å². The fourth-order valence-corrected chi connectivity index (χ4v) is 0.890. The van der Waals surface area contributed by atoms with Gasteiger partial charge in [-0.2, -0.15) is 4.98 Å². The molecule has 1 aromatic rings. The van der Waals surface area contributed by atoms with E-state index in [9.17, 15) is 0 Å². The molecule has 0 unspecified atom stereocenters. The van der Waals surface area contributed by atoms with Crippen LogP contribution in [-0.2, 0) is 10.8 Å². The second kappa shape index (κ2) is 3.35. The first kappa shape index (κ1) is 11.2. The molecule has 4 nitrogen and oxygen atoms in total. The van der Waals surface area contributed by atoms with Gasteiger partial charge in [0.25, 0.3) is 0 Å². The van der Waals surface area contributed by atoms with Gasteiger partial charge in [0.1, 0.15) is 0 Å². The van der Waals surface area contributed by atoms with Crippen LogP contribution in [-0.4, -0.2) is 16.7 Å². The first-order valence-electron chi connectivity index (χ1n) is 4.82. The van der Waals surface area contributed by atoms with Crippen molar-refractivity contribution >= 4 is 0 Å². The highest BCUT2D eigenvalue weighted by atomic mass is 16.5. The van der Waals surface area contributed by atoms with Gasteiger partial charge >= 0.3 is 0 Å². The molecule has 0 bridgehead atoms. The Bertz CT molecular complexity index is 309. The van der Waals surface area contributed by atoms with Crippen LogP contribution in [0.25, 0.3) is 0 Å². The molecule has 0 aromatic carbocycles. The number of aromatic nitrogens is 2. The fourth-order valence-electron chi connectivity index (χ4n) is 0.890. The highest BCUT2D eigenvalue weighted by Crippen LogP contribution is 2.24. The lowest BCUT2D eigenvalue weighted by molar-refractivity contribution is 0.306. The maximum absolute atomic E-state index is 5.63. The molecule has 80 valence electrons. The van der Waals surface area contributed by atoms with Crippen molar-refractivity contribution < 1.29 is 4.52 Å². The van der Waals surface area contributed by atoms with Crippen LogP contribution in [0.5, 0.6) is 0 Å². The largest absolute Gasteiger partial charge is 0.339 e. The smallest absolute Gasteiger partial charge is 0.233 e. The lowest BCUT2D eigenvalue weighted by Crippen LogP contribution is -2.28. The SMILES string of the molecule is CC(C)(C)c1noc(C(C)(C)CN)n1. The Morgan fingerprint density at radius 1 is 1.21 bits per heavy atom. The molecule has 0 radical (unpaired) electrons. The third-order valence-electron chi connectivity index (χ3n) is 2.19. The van der Waals surface area contributed by atoms with Gasteiger partial charge in [0.2, 0.25) is 5.89 Å². The molecule has 14 heavy (non-hydrogen) atoms. The van der Waals surface area contributed by atoms with Gasteiger partial charge in [-0.1, -0.05) is 25.9 Å². The average molecular weight is 197 g/mol. The van der Waals surface area contributed by atoms with Gasteiger partial charge < -0.3 is 10.3 Å². The second-order valence-corrected chi connectivity index (χ2v) is 5.26. The molecular weight excluding hydrogens is 178 g/mol. The quantitative estimate of drug-likeness (QED) is 0.782. The van der Waals surface area contributed by atoms with Crippen molar-refractivity contribution in [3.05, 3.63) is 11.7 Å². The molecule has 1 aromatic heterocycles. The minimum atomic E-state index is -0.240. The predicted molar refractivity (Wildman–Crippen MR) is 55.1 cm³/mol. The van der Waals surface area contributed by atoms with Gasteiger partial charge in [-0.05, 0) is 13.8 Å². The van der Waals surface area contributed by atoms with E-state index in [1.165, 1.54) is 0 Å². The second-order valence-electron chi connectivity index (χ2n) is 5.26. The maximum Gasteiger partial charge on any atom is 0.233 e. The van der Waals surface area contributed by atoms with E-state index in [1.54, 1.807) is 0 Å². The molecule has 0 saturated carbocycles. The lowest BCUT2D eigenvalue weighted by atomic mass is 9.93. The van der Waals surface area contributed by atoms with E-state index in [0.29, 0.717) is 12.4 Å². The van der Waals surface area contributed by atoms with Crippen molar-refractivity contribution in [2.24, 2.45) is 5.73 Å². The summed E-state index contributed by atoms with van der Waals surface area (Å²) >= 11 is 0. The molecule has 0 aliphatic carbocycles. The van der Waals surface area contributed by atoms with Crippen molar-refractivity contribution in [1.82, 2.24) is 10.1 Å². The summed E-state index contributed by atoms with van der Waals surface area (Å²) in [6, 6.07) is 0. The molecule has 0 amide bonds. The Morgan fingerprint density at radius 2 is 1.79 bits per heavy atom. The van der Waals surface area contributed by atoms with Gasteiger partial charge in [-0.3, -0.25) is 0 Å². The van der Waals surface area contributed by atoms with Crippen LogP contribution < -0.4 is 5.73 Å². The van der Waals surface area contributed by atoms with Gasteiger partial charge in [0.15, 0.2) is 5.82 Å². The molecule has 2 N–H and O–H groups in total. The minimum Gasteiger partial charge on any atom is -0.339 e. The van der Waals surface area contributed by atoms with Gasteiger partial charge in [0, 0.05) is 12.0 Å². The summed E-state index contributed by atoms with van der Waals surface area (Å²) in [6.07, 6.45) is 0. The van der Waals surface area contributed by atoms with E-state index in [1.807, 2.05) is 13.8 Å². The summed E-state index contributed by atoms with van der Waals surface area (Å²) in [7, 11) is 0. The highest BCUT2D eigenvalue weighted by Gasteiger charge is 2.29. The van der Waals surface area contributed by atoms with E-state index < -0.39 is 0 Å². The van der Waals surface area contributed by atoms with E-state index in [4.69, 9.17) is 10.3 Å². The van der Waals surface area contributed by atoms with E-state index in [-0.39, 0.29) is 10.8 Å². The minimum absolute atomic E-state index is 0.0770. The van der Waals surface area contributed by atoms with Crippen molar-refractivity contribution in [2.45, 2.75) is 45.4 Å². The molecule has 1 heterocycles. The Morgan fingerprint density at radius 3 is 2.14 bits per heavy atom. The summed E-state index contributed by atoms with van der Waals surface area (Å²) in [6.45, 7) is 10.6. The van der Waals surface area contributed by atoms with Crippen LogP contribution in [0.2, 0.25) is 0 Å². The van der Waals surface area contributed by atoms with Crippen LogP contribution in [0.1, 0.15) is 46.3 Å². The molecule has 0 fully saturated rings. The first-order chi connectivity index (χ1) is 6.27. The summed E-state index contributed by atoms with van der Waals surface area (Å²) in [5, 5.41) is 3.96. The van der Waals surface area contributed by atoms with Crippen LogP contribution in [0.3, 0.4) is 0 Å². The number of hydrogen-bond donors (Lipinski definition) is 1. The van der Waals surface area contributed by atoms with Crippen LogP contribution in [0.4, 0.5) is 0 Å². The van der Waals surface area contributed by atoms with Gasteiger partial charge in [0.05, 0.1) is 5.41 Å². The number of nitrogens with two attached hydrogens (primary N) is 1. The average Bonchev–Trinajstić information content (AvgIpc) is 2.51. The zero-order valence-electron chi connectivity index (χ0n) is 9.59. The molecule has 0 aliphatic heterocycles. The third-order valence-corrected chi connectivity index (χ3v) is 2.19. The molecular formula is C10H19N3O. The molecule has 0 saturated heterocycles. The fraction of sp³-hybridized carbons (Fsp3) is 0.800. The highest BCUT2D eigenvalue weighted by molar-refractivity contribution is 5.06. The Balaban J connectivity index is 3.00. The lowest BCUT2D eigenvalue weighted by Gasteiger charge is -2.16. The molecule has 0 aliphatic rings. The monoisotopic (exact) mass is 197 g/mol. The van der Waals surface area contributed by atoms with Gasteiger partial charge in [-0.15, -0.1) is 0 Å². The summed E-state index contributed by atoms with van der Waals surface area (Å²) in [5.74, 6) is 1.35. The predicted octanol–water partition coefficient (Wildman–Crippen LogP) is 1.60. The maximum atomic E-state index is 5.63. The van der Waals surface area contributed by atoms with E-state index in [0.717, 1.165) is 5.82 Å². The molecule has 0 atom stereocenters. The van der Waals surface area contributed by atoms with Crippen molar-refractivity contribution in [3.8, 4) is 0 Å². The van der Waals surface area contributed by atoms with Crippen LogP contribution in [0, 0.1) is 0 Å². The van der Waals surface area contributed by atoms with Crippen molar-refractivity contribution in [2.75, 3.05) is 6.54 Å². The Kier molecular flexibility index (Phi) is 2.67. The van der Waals surface area contributed by atoms with Crippen LogP contribution >= 0.6 is 0 Å². The Labute approximate surface area is 84.9 Å². The van der Waals surface area contributed by atoms with Gasteiger partial charge in [-0.25, -0.2) is 0 Å². The first-order valence-corrected chi connectivity index (χ1v) is 4.82. The molecule has 1 rings (SSSR count). The zero-order chi connectivity index (χ0) is 11.0. The topological polar surface area (TPSA) is 64.9 Å². The van der Waals surface area contributed by atoms with Crippen molar-refractivity contribution in [3.63, 3.8) is 0 Å². The summed E-state index contributed by atoms with van der Waals surface area (Å²) in [4.78, 5) is 4.37.